The lowest BCUT2D eigenvalue weighted by Crippen LogP contribution is -2.32. The van der Waals surface area contributed by atoms with Crippen molar-refractivity contribution in [1.82, 2.24) is 10.3 Å². The van der Waals surface area contributed by atoms with Crippen LogP contribution in [-0.2, 0) is 10.5 Å². The van der Waals surface area contributed by atoms with Gasteiger partial charge in [0.2, 0.25) is 5.91 Å². The molecule has 0 aliphatic carbocycles. The lowest BCUT2D eigenvalue weighted by molar-refractivity contribution is -0.118. The lowest BCUT2D eigenvalue weighted by atomic mass is 10.1. The Morgan fingerprint density at radius 2 is 2.00 bits per heavy atom. The number of para-hydroxylation sites is 2. The average molecular weight is 398 g/mol. The van der Waals surface area contributed by atoms with Crippen LogP contribution in [0.2, 0.25) is 0 Å². The van der Waals surface area contributed by atoms with Gasteiger partial charge in [0.05, 0.1) is 16.0 Å². The first-order valence-electron chi connectivity index (χ1n) is 9.27. The van der Waals surface area contributed by atoms with Crippen molar-refractivity contribution in [2.75, 3.05) is 30.3 Å². The van der Waals surface area contributed by atoms with Gasteiger partial charge in [0.1, 0.15) is 5.01 Å². The molecule has 0 radical (unpaired) electrons. The number of hydrogen-bond donors (Lipinski definition) is 1. The maximum Gasteiger partial charge on any atom is 0.230 e. The third kappa shape index (κ3) is 4.82. The number of nitrogens with zero attached hydrogens (tertiary/aromatic N) is 2. The molecule has 6 heteroatoms. The Morgan fingerprint density at radius 3 is 2.85 bits per heavy atom. The van der Waals surface area contributed by atoms with E-state index in [0.717, 1.165) is 42.3 Å². The lowest BCUT2D eigenvalue weighted by Gasteiger charge is -2.18. The SMILES string of the molecule is O=C(CSCc1nc2ccccc2s1)NCC1CCN(c2ccccc2)C1. The van der Waals surface area contributed by atoms with E-state index in [-0.39, 0.29) is 5.91 Å². The molecule has 4 nitrogen and oxygen atoms in total. The van der Waals surface area contributed by atoms with Gasteiger partial charge >= 0.3 is 0 Å². The van der Waals surface area contributed by atoms with Crippen LogP contribution in [-0.4, -0.2) is 36.3 Å². The molecule has 2 heterocycles. The second kappa shape index (κ2) is 8.76. The Bertz CT molecular complexity index is 864. The first-order chi connectivity index (χ1) is 13.3. The van der Waals surface area contributed by atoms with Gasteiger partial charge in [0.25, 0.3) is 0 Å². The molecule has 27 heavy (non-hydrogen) atoms. The number of nitrogens with one attached hydrogen (secondary N) is 1. The van der Waals surface area contributed by atoms with E-state index in [1.54, 1.807) is 23.1 Å². The third-order valence-electron chi connectivity index (χ3n) is 4.79. The molecule has 3 aromatic rings. The number of thiazole rings is 1. The fourth-order valence-electron chi connectivity index (χ4n) is 3.39. The van der Waals surface area contributed by atoms with E-state index < -0.39 is 0 Å². The number of carbonyl (C=O) groups excluding carboxylic acids is 1. The van der Waals surface area contributed by atoms with Crippen molar-refractivity contribution in [1.29, 1.82) is 0 Å². The first kappa shape index (κ1) is 18.3. The molecule has 1 unspecified atom stereocenters. The quantitative estimate of drug-likeness (QED) is 0.650. The summed E-state index contributed by atoms with van der Waals surface area (Å²) >= 11 is 3.35. The molecule has 1 aromatic heterocycles. The van der Waals surface area contributed by atoms with Crippen LogP contribution in [0.25, 0.3) is 10.2 Å². The molecule has 0 spiro atoms. The summed E-state index contributed by atoms with van der Waals surface area (Å²) in [4.78, 5) is 19.2. The average Bonchev–Trinajstić information content (AvgIpc) is 3.34. The summed E-state index contributed by atoms with van der Waals surface area (Å²) in [6, 6.07) is 18.7. The highest BCUT2D eigenvalue weighted by Crippen LogP contribution is 2.25. The Balaban J connectivity index is 1.17. The van der Waals surface area contributed by atoms with Gasteiger partial charge in [-0.25, -0.2) is 4.98 Å². The van der Waals surface area contributed by atoms with Crippen molar-refractivity contribution in [3.63, 3.8) is 0 Å². The summed E-state index contributed by atoms with van der Waals surface area (Å²) in [5, 5.41) is 4.19. The maximum atomic E-state index is 12.2. The molecule has 1 fully saturated rings. The van der Waals surface area contributed by atoms with Crippen LogP contribution in [0.3, 0.4) is 0 Å². The van der Waals surface area contributed by atoms with Gasteiger partial charge in [0.15, 0.2) is 0 Å². The Morgan fingerprint density at radius 1 is 1.19 bits per heavy atom. The van der Waals surface area contributed by atoms with E-state index in [1.807, 2.05) is 24.3 Å². The number of rotatable bonds is 7. The highest BCUT2D eigenvalue weighted by atomic mass is 32.2. The molecule has 1 N–H and O–H groups in total. The van der Waals surface area contributed by atoms with Crippen LogP contribution in [0, 0.1) is 5.92 Å². The zero-order valence-electron chi connectivity index (χ0n) is 15.1. The van der Waals surface area contributed by atoms with Crippen molar-refractivity contribution in [2.45, 2.75) is 12.2 Å². The molecule has 1 atom stereocenters. The maximum absolute atomic E-state index is 12.2. The zero-order valence-corrected chi connectivity index (χ0v) is 16.8. The number of fused-ring (bicyclic) bond motifs is 1. The summed E-state index contributed by atoms with van der Waals surface area (Å²) in [5.74, 6) is 1.94. The highest BCUT2D eigenvalue weighted by molar-refractivity contribution is 7.99. The molecular weight excluding hydrogens is 374 g/mol. The van der Waals surface area contributed by atoms with Crippen LogP contribution < -0.4 is 10.2 Å². The molecule has 0 bridgehead atoms. The molecule has 1 amide bonds. The predicted molar refractivity (Wildman–Crippen MR) is 116 cm³/mol. The van der Waals surface area contributed by atoms with Gasteiger partial charge < -0.3 is 10.2 Å². The molecule has 4 rings (SSSR count). The van der Waals surface area contributed by atoms with Crippen LogP contribution in [0.15, 0.2) is 54.6 Å². The minimum atomic E-state index is 0.124. The Kier molecular flexibility index (Phi) is 5.94. The minimum absolute atomic E-state index is 0.124. The predicted octanol–water partition coefficient (Wildman–Crippen LogP) is 4.17. The summed E-state index contributed by atoms with van der Waals surface area (Å²) in [6.45, 7) is 2.85. The van der Waals surface area contributed by atoms with Gasteiger partial charge in [-0.05, 0) is 36.6 Å². The van der Waals surface area contributed by atoms with Gasteiger partial charge in [-0.15, -0.1) is 23.1 Å². The number of carbonyl (C=O) groups is 1. The van der Waals surface area contributed by atoms with E-state index in [0.29, 0.717) is 11.7 Å². The number of hydrogen-bond acceptors (Lipinski definition) is 5. The molecule has 1 aliphatic rings. The van der Waals surface area contributed by atoms with Crippen LogP contribution in [0.1, 0.15) is 11.4 Å². The fraction of sp³-hybridized carbons (Fsp3) is 0.333. The summed E-state index contributed by atoms with van der Waals surface area (Å²) in [6.07, 6.45) is 1.13. The van der Waals surface area contributed by atoms with Crippen molar-refractivity contribution in [2.24, 2.45) is 5.92 Å². The minimum Gasteiger partial charge on any atom is -0.371 e. The largest absolute Gasteiger partial charge is 0.371 e. The van der Waals surface area contributed by atoms with Crippen molar-refractivity contribution < 1.29 is 4.79 Å². The first-order valence-corrected chi connectivity index (χ1v) is 11.2. The zero-order chi connectivity index (χ0) is 18.5. The second-order valence-corrected chi connectivity index (χ2v) is 8.91. The number of amides is 1. The molecule has 2 aromatic carbocycles. The second-order valence-electron chi connectivity index (χ2n) is 6.81. The van der Waals surface area contributed by atoms with Gasteiger partial charge in [0, 0.05) is 31.1 Å². The van der Waals surface area contributed by atoms with Crippen LogP contribution in [0.4, 0.5) is 5.69 Å². The molecular formula is C21H23N3OS2. The fourth-order valence-corrected chi connectivity index (χ4v) is 5.27. The van der Waals surface area contributed by atoms with E-state index in [9.17, 15) is 4.79 Å². The molecule has 1 saturated heterocycles. The van der Waals surface area contributed by atoms with E-state index in [2.05, 4.69) is 45.5 Å². The summed E-state index contributed by atoms with van der Waals surface area (Å²) in [7, 11) is 0. The van der Waals surface area contributed by atoms with Crippen LogP contribution >= 0.6 is 23.1 Å². The summed E-state index contributed by atoms with van der Waals surface area (Å²) < 4.78 is 1.21. The number of thioether (sulfide) groups is 1. The van der Waals surface area contributed by atoms with Crippen molar-refractivity contribution in [3.8, 4) is 0 Å². The standard InChI is InChI=1S/C21H23N3OS2/c25-20(14-26-15-21-23-18-8-4-5-9-19(18)27-21)22-12-16-10-11-24(13-16)17-6-2-1-3-7-17/h1-9,16H,10-15H2,(H,22,25). The van der Waals surface area contributed by atoms with Crippen molar-refractivity contribution in [3.05, 3.63) is 59.6 Å². The molecule has 140 valence electrons. The van der Waals surface area contributed by atoms with Gasteiger partial charge in [-0.3, -0.25) is 4.79 Å². The van der Waals surface area contributed by atoms with E-state index in [1.165, 1.54) is 10.4 Å². The smallest absolute Gasteiger partial charge is 0.230 e. The summed E-state index contributed by atoms with van der Waals surface area (Å²) in [5.41, 5.74) is 2.32. The molecule has 0 saturated carbocycles. The molecule has 1 aliphatic heterocycles. The normalized spacial score (nSPS) is 16.7. The number of anilines is 1. The number of aromatic nitrogens is 1. The highest BCUT2D eigenvalue weighted by Gasteiger charge is 2.22. The van der Waals surface area contributed by atoms with E-state index in [4.69, 9.17) is 0 Å². The van der Waals surface area contributed by atoms with E-state index >= 15 is 0 Å². The Labute approximate surface area is 168 Å². The van der Waals surface area contributed by atoms with Gasteiger partial charge in [-0.1, -0.05) is 30.3 Å². The van der Waals surface area contributed by atoms with Crippen LogP contribution in [0.5, 0.6) is 0 Å². The van der Waals surface area contributed by atoms with Gasteiger partial charge in [-0.2, -0.15) is 0 Å². The monoisotopic (exact) mass is 397 g/mol. The Hall–Kier alpha value is -2.05. The number of benzene rings is 2. The topological polar surface area (TPSA) is 45.2 Å². The third-order valence-corrected chi connectivity index (χ3v) is 6.95. The van der Waals surface area contributed by atoms with Crippen molar-refractivity contribution >= 4 is 44.9 Å².